The van der Waals surface area contributed by atoms with Crippen molar-refractivity contribution >= 4 is 16.0 Å². The molecule has 1 aromatic heterocycles. The number of sulfonamides is 1. The number of rotatable bonds is 8. The molecule has 2 aromatic rings. The summed E-state index contributed by atoms with van der Waals surface area (Å²) >= 11 is 0. The van der Waals surface area contributed by atoms with Crippen LogP contribution < -0.4 is 0 Å². The Morgan fingerprint density at radius 3 is 2.42 bits per heavy atom. The fraction of sp³-hybridized carbons (Fsp3) is 0.542. The molecule has 1 atom stereocenters. The number of aromatic nitrogens is 1. The smallest absolute Gasteiger partial charge is 0.354 e. The Balaban J connectivity index is 1.55. The van der Waals surface area contributed by atoms with Crippen LogP contribution >= 0.6 is 0 Å². The number of hydrogen-bond acceptors (Lipinski definition) is 4. The molecule has 0 N–H and O–H groups in total. The van der Waals surface area contributed by atoms with E-state index in [2.05, 4.69) is 38.1 Å². The van der Waals surface area contributed by atoms with Crippen LogP contribution in [0.5, 0.6) is 0 Å². The number of ether oxygens (including phenoxy) is 1. The van der Waals surface area contributed by atoms with Gasteiger partial charge in [0.15, 0.2) is 0 Å². The maximum absolute atomic E-state index is 13.0. The van der Waals surface area contributed by atoms with Gasteiger partial charge in [-0.25, -0.2) is 13.2 Å². The minimum Gasteiger partial charge on any atom is -0.464 e. The van der Waals surface area contributed by atoms with Crippen molar-refractivity contribution in [1.82, 2.24) is 8.87 Å². The van der Waals surface area contributed by atoms with Crippen LogP contribution in [0.15, 0.2) is 41.4 Å². The van der Waals surface area contributed by atoms with Gasteiger partial charge in [0.2, 0.25) is 10.0 Å². The van der Waals surface area contributed by atoms with Crippen molar-refractivity contribution in [3.05, 3.63) is 53.3 Å². The summed E-state index contributed by atoms with van der Waals surface area (Å²) in [7, 11) is -0.675. The summed E-state index contributed by atoms with van der Waals surface area (Å²) in [5.41, 5.74) is 2.97. The Morgan fingerprint density at radius 1 is 1.19 bits per heavy atom. The van der Waals surface area contributed by atoms with Crippen LogP contribution in [0.2, 0.25) is 0 Å². The number of carbonyl (C=O) groups is 1. The first kappa shape index (κ1) is 23.5. The van der Waals surface area contributed by atoms with Gasteiger partial charge in [-0.15, -0.1) is 0 Å². The topological polar surface area (TPSA) is 68.6 Å². The van der Waals surface area contributed by atoms with Crippen molar-refractivity contribution in [2.75, 3.05) is 20.2 Å². The summed E-state index contributed by atoms with van der Waals surface area (Å²) in [6.07, 6.45) is 6.46. The number of piperidine rings is 1. The zero-order chi connectivity index (χ0) is 22.6. The molecule has 7 heteroatoms. The van der Waals surface area contributed by atoms with Crippen LogP contribution in [0.1, 0.15) is 67.1 Å². The molecule has 1 unspecified atom stereocenters. The number of methoxy groups -OCH3 is 1. The molecule has 0 bridgehead atoms. The normalized spacial score (nSPS) is 16.9. The molecule has 31 heavy (non-hydrogen) atoms. The van der Waals surface area contributed by atoms with Gasteiger partial charge in [-0.2, -0.15) is 4.31 Å². The second-order valence-corrected chi connectivity index (χ2v) is 10.5. The molecule has 1 aliphatic heterocycles. The van der Waals surface area contributed by atoms with E-state index in [4.69, 9.17) is 4.74 Å². The molecule has 0 aliphatic carbocycles. The summed E-state index contributed by atoms with van der Waals surface area (Å²) in [6.45, 7) is 5.49. The van der Waals surface area contributed by atoms with Crippen molar-refractivity contribution in [1.29, 1.82) is 0 Å². The third-order valence-electron chi connectivity index (χ3n) is 6.59. The Bertz CT molecular complexity index is 987. The Kier molecular flexibility index (Phi) is 7.59. The van der Waals surface area contributed by atoms with Crippen molar-refractivity contribution in [2.45, 2.75) is 56.8 Å². The molecule has 2 heterocycles. The van der Waals surface area contributed by atoms with Crippen LogP contribution in [0.4, 0.5) is 0 Å². The van der Waals surface area contributed by atoms with E-state index in [0.717, 1.165) is 32.1 Å². The molecule has 1 aromatic carbocycles. The van der Waals surface area contributed by atoms with E-state index < -0.39 is 16.0 Å². The van der Waals surface area contributed by atoms with Crippen LogP contribution in [-0.2, 0) is 28.2 Å². The average molecular weight is 447 g/mol. The van der Waals surface area contributed by atoms with Gasteiger partial charge >= 0.3 is 5.97 Å². The maximum atomic E-state index is 13.0. The molecular weight excluding hydrogens is 412 g/mol. The summed E-state index contributed by atoms with van der Waals surface area (Å²) in [6, 6.07) is 10.3. The fourth-order valence-electron chi connectivity index (χ4n) is 4.19. The van der Waals surface area contributed by atoms with E-state index in [1.165, 1.54) is 35.1 Å². The van der Waals surface area contributed by atoms with E-state index >= 15 is 0 Å². The van der Waals surface area contributed by atoms with Crippen molar-refractivity contribution in [2.24, 2.45) is 13.0 Å². The molecule has 0 spiro atoms. The molecule has 0 amide bonds. The number of aryl methyl sites for hydroxylation is 2. The van der Waals surface area contributed by atoms with Crippen LogP contribution in [0.25, 0.3) is 0 Å². The number of benzene rings is 1. The highest BCUT2D eigenvalue weighted by Gasteiger charge is 2.31. The van der Waals surface area contributed by atoms with Crippen molar-refractivity contribution in [3.8, 4) is 0 Å². The second-order valence-electron chi connectivity index (χ2n) is 8.60. The molecule has 1 saturated heterocycles. The molecule has 6 nitrogen and oxygen atoms in total. The van der Waals surface area contributed by atoms with Gasteiger partial charge in [0.05, 0.1) is 7.11 Å². The molecule has 1 aliphatic rings. The van der Waals surface area contributed by atoms with E-state index in [0.29, 0.717) is 24.9 Å². The van der Waals surface area contributed by atoms with Gasteiger partial charge in [-0.3, -0.25) is 0 Å². The minimum absolute atomic E-state index is 0.148. The van der Waals surface area contributed by atoms with Gasteiger partial charge in [-0.05, 0) is 61.1 Å². The molecule has 3 rings (SSSR count). The Hall–Kier alpha value is -2.12. The van der Waals surface area contributed by atoms with Crippen molar-refractivity contribution in [3.63, 3.8) is 0 Å². The highest BCUT2D eigenvalue weighted by atomic mass is 32.2. The third kappa shape index (κ3) is 5.39. The lowest BCUT2D eigenvalue weighted by molar-refractivity contribution is 0.0590. The van der Waals surface area contributed by atoms with Gasteiger partial charge < -0.3 is 9.30 Å². The van der Waals surface area contributed by atoms with Crippen LogP contribution in [-0.4, -0.2) is 43.5 Å². The lowest BCUT2D eigenvalue weighted by atomic mass is 9.90. The lowest BCUT2D eigenvalue weighted by Gasteiger charge is -2.31. The molecular formula is C24H34N2O4S. The predicted molar refractivity (Wildman–Crippen MR) is 122 cm³/mol. The van der Waals surface area contributed by atoms with Gasteiger partial charge in [0, 0.05) is 26.3 Å². The maximum Gasteiger partial charge on any atom is 0.354 e. The fourth-order valence-corrected chi connectivity index (χ4v) is 5.73. The Morgan fingerprint density at radius 2 is 1.84 bits per heavy atom. The van der Waals surface area contributed by atoms with E-state index in [9.17, 15) is 13.2 Å². The minimum atomic E-state index is -3.61. The number of hydrogen-bond donors (Lipinski definition) is 0. The van der Waals surface area contributed by atoms with Gasteiger partial charge in [0.1, 0.15) is 10.6 Å². The Labute approximate surface area is 186 Å². The van der Waals surface area contributed by atoms with Crippen LogP contribution in [0.3, 0.4) is 0 Å². The summed E-state index contributed by atoms with van der Waals surface area (Å²) in [4.78, 5) is 11.9. The zero-order valence-electron chi connectivity index (χ0n) is 19.0. The SMILES string of the molecule is CCC(C)c1ccc(CCC2CCN(S(=O)(=O)c3cc(C(=O)OC)n(C)c3)CC2)cc1. The first-order chi connectivity index (χ1) is 14.8. The van der Waals surface area contributed by atoms with Crippen LogP contribution in [0, 0.1) is 5.92 Å². The zero-order valence-corrected chi connectivity index (χ0v) is 19.8. The molecule has 0 saturated carbocycles. The quantitative estimate of drug-likeness (QED) is 0.565. The summed E-state index contributed by atoms with van der Waals surface area (Å²) < 4.78 is 33.8. The highest BCUT2D eigenvalue weighted by molar-refractivity contribution is 7.89. The molecule has 1 fully saturated rings. The second kappa shape index (κ2) is 10.0. The number of esters is 1. The number of nitrogens with zero attached hydrogens (tertiary/aromatic N) is 2. The predicted octanol–water partition coefficient (Wildman–Crippen LogP) is 4.36. The van der Waals surface area contributed by atoms with Gasteiger partial charge in [-0.1, -0.05) is 38.1 Å². The standard InChI is InChI=1S/C24H34N2O4S/c1-5-18(2)21-10-8-19(9-11-21)6-7-20-12-14-26(15-13-20)31(28,29)22-16-23(24(27)30-4)25(3)17-22/h8-11,16-18,20H,5-7,12-15H2,1-4H3. The molecule has 170 valence electrons. The van der Waals surface area contributed by atoms with E-state index in [1.807, 2.05) is 0 Å². The van der Waals surface area contributed by atoms with E-state index in [-0.39, 0.29) is 10.6 Å². The first-order valence-electron chi connectivity index (χ1n) is 11.1. The van der Waals surface area contributed by atoms with Gasteiger partial charge in [0.25, 0.3) is 0 Å². The monoisotopic (exact) mass is 446 g/mol. The lowest BCUT2D eigenvalue weighted by Crippen LogP contribution is -2.38. The highest BCUT2D eigenvalue weighted by Crippen LogP contribution is 2.28. The summed E-state index contributed by atoms with van der Waals surface area (Å²) in [5.74, 6) is 0.579. The molecule has 0 radical (unpaired) electrons. The summed E-state index contributed by atoms with van der Waals surface area (Å²) in [5, 5.41) is 0. The van der Waals surface area contributed by atoms with E-state index in [1.54, 1.807) is 11.4 Å². The third-order valence-corrected chi connectivity index (χ3v) is 8.45. The largest absolute Gasteiger partial charge is 0.464 e. The first-order valence-corrected chi connectivity index (χ1v) is 12.5. The van der Waals surface area contributed by atoms with Crippen molar-refractivity contribution < 1.29 is 17.9 Å². The average Bonchev–Trinajstić information content (AvgIpc) is 3.19. The number of carbonyl (C=O) groups excluding carboxylic acids is 1.